The molecule has 7 nitrogen and oxygen atoms in total. The van der Waals surface area contributed by atoms with Gasteiger partial charge in [0, 0.05) is 36.0 Å². The first-order valence-electron chi connectivity index (χ1n) is 11.5. The molecule has 2 aliphatic rings. The second-order valence-corrected chi connectivity index (χ2v) is 9.34. The summed E-state index contributed by atoms with van der Waals surface area (Å²) in [7, 11) is 0. The van der Waals surface area contributed by atoms with Crippen LogP contribution in [0.15, 0.2) is 36.7 Å². The highest BCUT2D eigenvalue weighted by Gasteiger charge is 2.59. The summed E-state index contributed by atoms with van der Waals surface area (Å²) in [6.07, 6.45) is 6.34. The minimum absolute atomic E-state index is 0.0504. The molecule has 33 heavy (non-hydrogen) atoms. The van der Waals surface area contributed by atoms with E-state index in [-0.39, 0.29) is 30.8 Å². The minimum atomic E-state index is -0.461. The smallest absolute Gasteiger partial charge is 0.290 e. The third kappa shape index (κ3) is 5.31. The number of aromatic nitrogens is 2. The number of fused-ring (bicyclic) bond motifs is 2. The number of nitrogens with zero attached hydrogens (tertiary/aromatic N) is 3. The van der Waals surface area contributed by atoms with E-state index in [9.17, 15) is 9.18 Å². The third-order valence-corrected chi connectivity index (χ3v) is 6.81. The van der Waals surface area contributed by atoms with Crippen molar-refractivity contribution in [2.75, 3.05) is 4.90 Å². The number of hydrogen-bond acceptors (Lipinski definition) is 5. The van der Waals surface area contributed by atoms with Crippen LogP contribution in [0.25, 0.3) is 0 Å². The molecule has 178 valence electrons. The fourth-order valence-electron chi connectivity index (χ4n) is 5.28. The molecule has 4 rings (SSSR count). The fraction of sp³-hybridized carbons (Fsp3) is 0.520. The van der Waals surface area contributed by atoms with Crippen LogP contribution in [0.5, 0.6) is 0 Å². The van der Waals surface area contributed by atoms with Crippen molar-refractivity contribution in [3.05, 3.63) is 53.7 Å². The van der Waals surface area contributed by atoms with Crippen molar-refractivity contribution in [2.24, 2.45) is 11.3 Å². The maximum absolute atomic E-state index is 14.1. The predicted molar refractivity (Wildman–Crippen MR) is 124 cm³/mol. The number of carbonyl (C=O) groups is 2. The van der Waals surface area contributed by atoms with Gasteiger partial charge in [0.25, 0.3) is 6.47 Å². The SMILES string of the molecule is Cc1cc(N2[C@@H]3CC[C@H]2[C@@](CCC(C)C)(C(=O)NCc2ccccc2F)C3)ncn1.O=CO. The highest BCUT2D eigenvalue weighted by molar-refractivity contribution is 5.85. The highest BCUT2D eigenvalue weighted by Crippen LogP contribution is 2.54. The molecule has 0 saturated carbocycles. The molecule has 0 radical (unpaired) electrons. The second kappa shape index (κ2) is 10.7. The molecule has 2 fully saturated rings. The topological polar surface area (TPSA) is 95.4 Å². The lowest BCUT2D eigenvalue weighted by atomic mass is 9.69. The zero-order valence-corrected chi connectivity index (χ0v) is 19.5. The standard InChI is InChI=1S/C24H31FN4O.CH2O2/c1-16(2)10-11-24(23(30)26-14-18-6-4-5-7-20(18)25)13-19-8-9-21(24)29(19)22-12-17(3)27-15-28-22;2-1-3/h4-7,12,15-16,19,21H,8-11,13-14H2,1-3H3,(H,26,30);1H,(H,2,3)/t19-,21+,24+;/m1./s1. The number of carboxylic acid groups (broad SMARTS) is 1. The average molecular weight is 457 g/mol. The highest BCUT2D eigenvalue weighted by atomic mass is 19.1. The van der Waals surface area contributed by atoms with Gasteiger partial charge in [-0.1, -0.05) is 32.0 Å². The largest absolute Gasteiger partial charge is 0.483 e. The number of halogens is 1. The Morgan fingerprint density at radius 3 is 2.73 bits per heavy atom. The van der Waals surface area contributed by atoms with Crippen LogP contribution >= 0.6 is 0 Å². The molecule has 8 heteroatoms. The first-order chi connectivity index (χ1) is 15.8. The molecule has 2 N–H and O–H groups in total. The Kier molecular flexibility index (Phi) is 8.00. The van der Waals surface area contributed by atoms with Gasteiger partial charge in [-0.2, -0.15) is 0 Å². The Balaban J connectivity index is 0.000000968. The number of aryl methyl sites for hydroxylation is 1. The van der Waals surface area contributed by atoms with Crippen LogP contribution in [0.4, 0.5) is 10.2 Å². The molecule has 2 aliphatic heterocycles. The van der Waals surface area contributed by atoms with Gasteiger partial charge >= 0.3 is 0 Å². The molecule has 0 spiro atoms. The lowest BCUT2D eigenvalue weighted by Gasteiger charge is -2.37. The van der Waals surface area contributed by atoms with Crippen molar-refractivity contribution in [3.8, 4) is 0 Å². The summed E-state index contributed by atoms with van der Waals surface area (Å²) >= 11 is 0. The van der Waals surface area contributed by atoms with Crippen molar-refractivity contribution < 1.29 is 19.1 Å². The molecular weight excluding hydrogens is 423 g/mol. The molecule has 0 aliphatic carbocycles. The molecule has 2 saturated heterocycles. The van der Waals surface area contributed by atoms with Crippen molar-refractivity contribution in [1.82, 2.24) is 15.3 Å². The van der Waals surface area contributed by atoms with E-state index >= 15 is 0 Å². The monoisotopic (exact) mass is 456 g/mol. The van der Waals surface area contributed by atoms with Crippen LogP contribution in [0.2, 0.25) is 0 Å². The van der Waals surface area contributed by atoms with E-state index in [1.165, 1.54) is 6.07 Å². The lowest BCUT2D eigenvalue weighted by molar-refractivity contribution is -0.133. The summed E-state index contributed by atoms with van der Waals surface area (Å²) in [6, 6.07) is 9.09. The normalized spacial score (nSPS) is 23.2. The zero-order valence-electron chi connectivity index (χ0n) is 19.5. The van der Waals surface area contributed by atoms with Crippen LogP contribution in [0.3, 0.4) is 0 Å². The minimum Gasteiger partial charge on any atom is -0.483 e. The van der Waals surface area contributed by atoms with Gasteiger partial charge in [0.05, 0.1) is 5.41 Å². The van der Waals surface area contributed by atoms with Gasteiger partial charge in [-0.15, -0.1) is 0 Å². The summed E-state index contributed by atoms with van der Waals surface area (Å²) in [5.41, 5.74) is 0.997. The van der Waals surface area contributed by atoms with Gasteiger partial charge < -0.3 is 15.3 Å². The molecule has 3 heterocycles. The first-order valence-corrected chi connectivity index (χ1v) is 11.5. The van der Waals surface area contributed by atoms with Gasteiger partial charge in [0.15, 0.2) is 0 Å². The summed E-state index contributed by atoms with van der Waals surface area (Å²) in [4.78, 5) is 33.1. The van der Waals surface area contributed by atoms with Crippen LogP contribution < -0.4 is 10.2 Å². The summed E-state index contributed by atoms with van der Waals surface area (Å²) in [6.45, 7) is 6.34. The van der Waals surface area contributed by atoms with Crippen LogP contribution in [-0.4, -0.2) is 39.5 Å². The lowest BCUT2D eigenvalue weighted by Crippen LogP contribution is -2.49. The van der Waals surface area contributed by atoms with E-state index < -0.39 is 5.41 Å². The van der Waals surface area contributed by atoms with E-state index in [0.29, 0.717) is 17.5 Å². The Labute approximate surface area is 194 Å². The van der Waals surface area contributed by atoms with E-state index in [4.69, 9.17) is 9.90 Å². The van der Waals surface area contributed by atoms with Gasteiger partial charge in [-0.3, -0.25) is 9.59 Å². The number of anilines is 1. The van der Waals surface area contributed by atoms with Crippen LogP contribution in [-0.2, 0) is 16.1 Å². The maximum Gasteiger partial charge on any atom is 0.290 e. The number of rotatable bonds is 7. The zero-order chi connectivity index (χ0) is 24.0. The Hall–Kier alpha value is -3.03. The first kappa shape index (κ1) is 24.6. The summed E-state index contributed by atoms with van der Waals surface area (Å²) < 4.78 is 14.1. The van der Waals surface area contributed by atoms with Crippen molar-refractivity contribution in [3.63, 3.8) is 0 Å². The van der Waals surface area contributed by atoms with Crippen LogP contribution in [0, 0.1) is 24.1 Å². The number of carbonyl (C=O) groups excluding carboxylic acids is 1. The van der Waals surface area contributed by atoms with E-state index in [2.05, 4.69) is 34.0 Å². The Morgan fingerprint density at radius 2 is 2.06 bits per heavy atom. The van der Waals surface area contributed by atoms with Gasteiger partial charge in [0.1, 0.15) is 18.0 Å². The Bertz CT molecular complexity index is 970. The molecule has 1 aromatic heterocycles. The number of benzene rings is 1. The molecular formula is C25H33FN4O3. The maximum atomic E-state index is 14.1. The van der Waals surface area contributed by atoms with E-state index in [1.54, 1.807) is 24.5 Å². The second-order valence-electron chi connectivity index (χ2n) is 9.34. The summed E-state index contributed by atoms with van der Waals surface area (Å²) in [5.74, 6) is 1.22. The molecule has 2 bridgehead atoms. The molecule has 0 unspecified atom stereocenters. The third-order valence-electron chi connectivity index (χ3n) is 6.81. The number of amides is 1. The summed E-state index contributed by atoms with van der Waals surface area (Å²) in [5, 5.41) is 9.97. The molecule has 2 aromatic rings. The van der Waals surface area contributed by atoms with Crippen molar-refractivity contribution >= 4 is 18.2 Å². The van der Waals surface area contributed by atoms with Crippen molar-refractivity contribution in [2.45, 2.75) is 71.5 Å². The van der Waals surface area contributed by atoms with E-state index in [0.717, 1.165) is 43.6 Å². The quantitative estimate of drug-likeness (QED) is 0.609. The van der Waals surface area contributed by atoms with Gasteiger partial charge in [0.2, 0.25) is 5.91 Å². The Morgan fingerprint density at radius 1 is 1.33 bits per heavy atom. The number of hydrogen-bond donors (Lipinski definition) is 2. The van der Waals surface area contributed by atoms with Gasteiger partial charge in [-0.25, -0.2) is 14.4 Å². The fourth-order valence-corrected chi connectivity index (χ4v) is 5.28. The van der Waals surface area contributed by atoms with Crippen LogP contribution in [0.1, 0.15) is 57.2 Å². The molecule has 1 amide bonds. The molecule has 3 atom stereocenters. The van der Waals surface area contributed by atoms with E-state index in [1.807, 2.05) is 13.0 Å². The van der Waals surface area contributed by atoms with Crippen molar-refractivity contribution in [1.29, 1.82) is 0 Å². The average Bonchev–Trinajstić information content (AvgIpc) is 3.34. The number of nitrogens with one attached hydrogen (secondary N) is 1. The molecule has 1 aromatic carbocycles. The predicted octanol–water partition coefficient (Wildman–Crippen LogP) is 4.11. The van der Waals surface area contributed by atoms with Gasteiger partial charge in [-0.05, 0) is 51.0 Å².